The van der Waals surface area contributed by atoms with E-state index in [0.717, 1.165) is 6.26 Å². The molecule has 1 aromatic rings. The van der Waals surface area contributed by atoms with Crippen molar-refractivity contribution in [1.82, 2.24) is 10.2 Å². The minimum absolute atomic E-state index is 0.248. The maximum atomic E-state index is 10.8. The molecule has 2 N–H and O–H groups in total. The Hall–Kier alpha value is -0.950. The number of hydrogen-bond acceptors (Lipinski definition) is 6. The summed E-state index contributed by atoms with van der Waals surface area (Å²) >= 11 is 0. The summed E-state index contributed by atoms with van der Waals surface area (Å²) in [6.07, 6.45) is 1.40. The van der Waals surface area contributed by atoms with Crippen LogP contribution >= 0.6 is 0 Å². The maximum Gasteiger partial charge on any atom is 0.335 e. The zero-order valence-corrected chi connectivity index (χ0v) is 7.34. The Morgan fingerprint density at radius 3 is 2.58 bits per heavy atom. The van der Waals surface area contributed by atoms with Crippen LogP contribution in [0.15, 0.2) is 9.64 Å². The molecule has 0 atom stereocenters. The fraction of sp³-hybridized carbons (Fsp3) is 0.600. The van der Waals surface area contributed by atoms with Crippen molar-refractivity contribution in [3.63, 3.8) is 0 Å². The molecule has 0 aliphatic rings. The second kappa shape index (κ2) is 3.20. The molecule has 1 aromatic heterocycles. The summed E-state index contributed by atoms with van der Waals surface area (Å²) < 4.78 is 26.4. The first-order valence-electron chi connectivity index (χ1n) is 3.26. The van der Waals surface area contributed by atoms with Gasteiger partial charge in [-0.1, -0.05) is 5.10 Å². The highest BCUT2D eigenvalue weighted by Gasteiger charge is 2.15. The SMILES string of the molecule is CS(=O)(=O)c1nnc(CCN)o1. The van der Waals surface area contributed by atoms with E-state index in [1.165, 1.54) is 0 Å². The van der Waals surface area contributed by atoms with E-state index in [9.17, 15) is 8.42 Å². The molecule has 12 heavy (non-hydrogen) atoms. The van der Waals surface area contributed by atoms with E-state index in [2.05, 4.69) is 10.2 Å². The molecule has 0 saturated carbocycles. The first-order valence-corrected chi connectivity index (χ1v) is 5.15. The number of aromatic nitrogens is 2. The summed E-state index contributed by atoms with van der Waals surface area (Å²) in [5.41, 5.74) is 5.20. The summed E-state index contributed by atoms with van der Waals surface area (Å²) in [4.78, 5) is 0. The summed E-state index contributed by atoms with van der Waals surface area (Å²) in [7, 11) is -3.38. The second-order valence-electron chi connectivity index (χ2n) is 2.27. The Morgan fingerprint density at radius 1 is 1.50 bits per heavy atom. The van der Waals surface area contributed by atoms with Gasteiger partial charge in [-0.15, -0.1) is 5.10 Å². The standard InChI is InChI=1S/C5H9N3O3S/c1-12(9,10)5-8-7-4(11-5)2-3-6/h2-3,6H2,1H3. The molecule has 0 aliphatic carbocycles. The first-order chi connectivity index (χ1) is 5.54. The predicted molar refractivity (Wildman–Crippen MR) is 40.2 cm³/mol. The molecule has 0 radical (unpaired) electrons. The van der Waals surface area contributed by atoms with Gasteiger partial charge in [-0.2, -0.15) is 0 Å². The van der Waals surface area contributed by atoms with E-state index < -0.39 is 9.84 Å². The van der Waals surface area contributed by atoms with Gasteiger partial charge in [0.15, 0.2) is 0 Å². The van der Waals surface area contributed by atoms with Crippen LogP contribution in [0.5, 0.6) is 0 Å². The number of nitrogens with zero attached hydrogens (tertiary/aromatic N) is 2. The van der Waals surface area contributed by atoms with Gasteiger partial charge in [0, 0.05) is 19.2 Å². The maximum absolute atomic E-state index is 10.8. The third-order valence-electron chi connectivity index (χ3n) is 1.12. The van der Waals surface area contributed by atoms with Gasteiger partial charge in [-0.05, 0) is 0 Å². The lowest BCUT2D eigenvalue weighted by atomic mass is 10.4. The lowest BCUT2D eigenvalue weighted by molar-refractivity contribution is 0.398. The molecule has 0 unspecified atom stereocenters. The molecule has 1 rings (SSSR count). The van der Waals surface area contributed by atoms with Gasteiger partial charge in [0.1, 0.15) is 0 Å². The Kier molecular flexibility index (Phi) is 2.43. The zero-order valence-electron chi connectivity index (χ0n) is 6.52. The van der Waals surface area contributed by atoms with Crippen molar-refractivity contribution < 1.29 is 12.8 Å². The van der Waals surface area contributed by atoms with Crippen LogP contribution in [0.3, 0.4) is 0 Å². The summed E-state index contributed by atoms with van der Waals surface area (Å²) in [5, 5.41) is 6.49. The molecule has 68 valence electrons. The van der Waals surface area contributed by atoms with Crippen LogP contribution in [-0.2, 0) is 16.3 Å². The minimum atomic E-state index is -3.38. The van der Waals surface area contributed by atoms with Crippen molar-refractivity contribution >= 4 is 9.84 Å². The molecule has 0 aromatic carbocycles. The van der Waals surface area contributed by atoms with Crippen molar-refractivity contribution in [2.24, 2.45) is 5.73 Å². The minimum Gasteiger partial charge on any atom is -0.412 e. The highest BCUT2D eigenvalue weighted by atomic mass is 32.2. The number of nitrogens with two attached hydrogens (primary N) is 1. The molecular formula is C5H9N3O3S. The smallest absolute Gasteiger partial charge is 0.335 e. The van der Waals surface area contributed by atoms with Gasteiger partial charge in [0.25, 0.3) is 0 Å². The van der Waals surface area contributed by atoms with Crippen molar-refractivity contribution in [3.05, 3.63) is 5.89 Å². The molecule has 0 saturated heterocycles. The van der Waals surface area contributed by atoms with Crippen LogP contribution in [0.4, 0.5) is 0 Å². The number of sulfone groups is 1. The average Bonchev–Trinajstić information content (AvgIpc) is 2.35. The number of hydrogen-bond donors (Lipinski definition) is 1. The van der Waals surface area contributed by atoms with Crippen LogP contribution in [0.1, 0.15) is 5.89 Å². The fourth-order valence-electron chi connectivity index (χ4n) is 0.613. The highest BCUT2D eigenvalue weighted by Crippen LogP contribution is 2.06. The van der Waals surface area contributed by atoms with Gasteiger partial charge in [0.2, 0.25) is 15.7 Å². The van der Waals surface area contributed by atoms with Gasteiger partial charge in [-0.3, -0.25) is 0 Å². The van der Waals surface area contributed by atoms with Crippen LogP contribution in [0, 0.1) is 0 Å². The molecular weight excluding hydrogens is 182 g/mol. The van der Waals surface area contributed by atoms with Crippen molar-refractivity contribution in [2.75, 3.05) is 12.8 Å². The van der Waals surface area contributed by atoms with E-state index in [0.29, 0.717) is 13.0 Å². The summed E-state index contributed by atoms with van der Waals surface area (Å²) in [5.74, 6) is 0.248. The fourth-order valence-corrected chi connectivity index (χ4v) is 1.05. The van der Waals surface area contributed by atoms with Crippen molar-refractivity contribution in [2.45, 2.75) is 11.6 Å². The zero-order chi connectivity index (χ0) is 9.19. The molecule has 1 heterocycles. The molecule has 0 fully saturated rings. The second-order valence-corrected chi connectivity index (χ2v) is 4.17. The monoisotopic (exact) mass is 191 g/mol. The third-order valence-corrected chi connectivity index (χ3v) is 1.92. The summed E-state index contributed by atoms with van der Waals surface area (Å²) in [6, 6.07) is 0. The molecule has 6 nitrogen and oxygen atoms in total. The van der Waals surface area contributed by atoms with E-state index in [1.54, 1.807) is 0 Å². The Bertz CT molecular complexity index is 356. The van der Waals surface area contributed by atoms with Gasteiger partial charge < -0.3 is 10.2 Å². The molecule has 0 bridgehead atoms. The Labute approximate surface area is 69.7 Å². The average molecular weight is 191 g/mol. The molecule has 7 heteroatoms. The highest BCUT2D eigenvalue weighted by molar-refractivity contribution is 7.90. The van der Waals surface area contributed by atoms with E-state index in [4.69, 9.17) is 10.2 Å². The largest absolute Gasteiger partial charge is 0.412 e. The quantitative estimate of drug-likeness (QED) is 0.656. The Morgan fingerprint density at radius 2 is 2.17 bits per heavy atom. The van der Waals surface area contributed by atoms with Gasteiger partial charge in [0.05, 0.1) is 0 Å². The lowest BCUT2D eigenvalue weighted by Gasteiger charge is -1.87. The van der Waals surface area contributed by atoms with Crippen LogP contribution < -0.4 is 5.73 Å². The third kappa shape index (κ3) is 2.02. The summed E-state index contributed by atoms with van der Waals surface area (Å²) in [6.45, 7) is 0.353. The van der Waals surface area contributed by atoms with E-state index in [1.807, 2.05) is 0 Å². The van der Waals surface area contributed by atoms with Crippen molar-refractivity contribution in [3.8, 4) is 0 Å². The van der Waals surface area contributed by atoms with Crippen molar-refractivity contribution in [1.29, 1.82) is 0 Å². The lowest BCUT2D eigenvalue weighted by Crippen LogP contribution is -2.02. The van der Waals surface area contributed by atoms with Crippen LogP contribution in [0.2, 0.25) is 0 Å². The van der Waals surface area contributed by atoms with Crippen LogP contribution in [-0.4, -0.2) is 31.4 Å². The van der Waals surface area contributed by atoms with E-state index in [-0.39, 0.29) is 11.1 Å². The van der Waals surface area contributed by atoms with E-state index >= 15 is 0 Å². The predicted octanol–water partition coefficient (Wildman–Crippen LogP) is -1.03. The van der Waals surface area contributed by atoms with Gasteiger partial charge >= 0.3 is 5.22 Å². The first kappa shape index (κ1) is 9.14. The molecule has 0 spiro atoms. The Balaban J connectivity index is 2.92. The molecule has 0 amide bonds. The normalized spacial score (nSPS) is 11.8. The van der Waals surface area contributed by atoms with Gasteiger partial charge in [-0.25, -0.2) is 8.42 Å². The topological polar surface area (TPSA) is 99.1 Å². The van der Waals surface area contributed by atoms with Crippen LogP contribution in [0.25, 0.3) is 0 Å². The molecule has 0 aliphatic heterocycles. The number of rotatable bonds is 3.